The molecule has 0 aliphatic heterocycles. The first kappa shape index (κ1) is 17.9. The summed E-state index contributed by atoms with van der Waals surface area (Å²) in [7, 11) is 0. The quantitative estimate of drug-likeness (QED) is 0.622. The average molecular weight is 403 g/mol. The molecule has 1 aromatic carbocycles. The van der Waals surface area contributed by atoms with Crippen LogP contribution in [0.5, 0.6) is 0 Å². The maximum Gasteiger partial charge on any atom is 0.326 e. The van der Waals surface area contributed by atoms with Crippen LogP contribution in [0.3, 0.4) is 0 Å². The summed E-state index contributed by atoms with van der Waals surface area (Å²) in [5.74, 6) is -1.13. The van der Waals surface area contributed by atoms with E-state index in [9.17, 15) is 9.59 Å². The fraction of sp³-hybridized carbons (Fsp3) is 0.500. The number of hydrogen-bond acceptors (Lipinski definition) is 2. The van der Waals surface area contributed by atoms with Gasteiger partial charge in [0.1, 0.15) is 6.04 Å². The number of nitrogens with one attached hydrogen (secondary N) is 1. The largest absolute Gasteiger partial charge is 0.480 e. The van der Waals surface area contributed by atoms with Gasteiger partial charge in [0.15, 0.2) is 0 Å². The summed E-state index contributed by atoms with van der Waals surface area (Å²) in [6.07, 6.45) is 4.15. The molecule has 0 radical (unpaired) electrons. The van der Waals surface area contributed by atoms with Crippen molar-refractivity contribution >= 4 is 34.5 Å². The highest BCUT2D eigenvalue weighted by molar-refractivity contribution is 14.1. The lowest BCUT2D eigenvalue weighted by Gasteiger charge is -2.14. The van der Waals surface area contributed by atoms with Crippen LogP contribution in [0.25, 0.3) is 0 Å². The molecule has 2 N–H and O–H groups in total. The van der Waals surface area contributed by atoms with E-state index in [0.29, 0.717) is 12.8 Å². The SMILES string of the molecule is CCCCC(NC(=O)CCCc1ccc(I)cc1)C(=O)O. The molecule has 0 spiro atoms. The minimum Gasteiger partial charge on any atom is -0.480 e. The monoisotopic (exact) mass is 403 g/mol. The number of aryl methyl sites for hydroxylation is 1. The van der Waals surface area contributed by atoms with Gasteiger partial charge in [0.25, 0.3) is 0 Å². The molecule has 0 aromatic heterocycles. The smallest absolute Gasteiger partial charge is 0.326 e. The summed E-state index contributed by atoms with van der Waals surface area (Å²) < 4.78 is 1.19. The standard InChI is InChI=1S/C16H22INO3/c1-2-3-6-14(16(20)21)18-15(19)7-4-5-12-8-10-13(17)11-9-12/h8-11,14H,2-7H2,1H3,(H,18,19)(H,20,21). The van der Waals surface area contributed by atoms with E-state index in [1.807, 2.05) is 19.1 Å². The van der Waals surface area contributed by atoms with Gasteiger partial charge in [0.05, 0.1) is 0 Å². The van der Waals surface area contributed by atoms with E-state index in [1.165, 1.54) is 9.13 Å². The zero-order chi connectivity index (χ0) is 15.7. The zero-order valence-electron chi connectivity index (χ0n) is 12.3. The molecule has 1 amide bonds. The molecule has 1 atom stereocenters. The van der Waals surface area contributed by atoms with Gasteiger partial charge in [-0.3, -0.25) is 4.79 Å². The van der Waals surface area contributed by atoms with Gasteiger partial charge in [-0.25, -0.2) is 4.79 Å². The third kappa shape index (κ3) is 7.45. The van der Waals surface area contributed by atoms with Crippen LogP contribution < -0.4 is 5.32 Å². The number of rotatable bonds is 9. The maximum atomic E-state index is 11.8. The van der Waals surface area contributed by atoms with Crippen molar-refractivity contribution in [1.82, 2.24) is 5.32 Å². The minimum atomic E-state index is -0.950. The van der Waals surface area contributed by atoms with Gasteiger partial charge >= 0.3 is 5.97 Å². The first-order chi connectivity index (χ1) is 10.0. The number of amides is 1. The van der Waals surface area contributed by atoms with Crippen LogP contribution in [-0.2, 0) is 16.0 Å². The van der Waals surface area contributed by atoms with Gasteiger partial charge in [-0.1, -0.05) is 31.9 Å². The van der Waals surface area contributed by atoms with Crippen LogP contribution in [-0.4, -0.2) is 23.0 Å². The lowest BCUT2D eigenvalue weighted by Crippen LogP contribution is -2.40. The van der Waals surface area contributed by atoms with Crippen molar-refractivity contribution < 1.29 is 14.7 Å². The molecule has 0 aliphatic rings. The Labute approximate surface area is 139 Å². The fourth-order valence-electron chi connectivity index (χ4n) is 2.04. The molecular formula is C16H22INO3. The van der Waals surface area contributed by atoms with Crippen molar-refractivity contribution in [3.63, 3.8) is 0 Å². The summed E-state index contributed by atoms with van der Waals surface area (Å²) >= 11 is 2.26. The molecule has 4 nitrogen and oxygen atoms in total. The van der Waals surface area contributed by atoms with Crippen LogP contribution in [0, 0.1) is 3.57 Å². The van der Waals surface area contributed by atoms with Gasteiger partial charge < -0.3 is 10.4 Å². The van der Waals surface area contributed by atoms with Crippen molar-refractivity contribution in [1.29, 1.82) is 0 Å². The fourth-order valence-corrected chi connectivity index (χ4v) is 2.40. The highest BCUT2D eigenvalue weighted by Crippen LogP contribution is 2.10. The molecule has 1 rings (SSSR count). The van der Waals surface area contributed by atoms with E-state index in [2.05, 4.69) is 40.0 Å². The number of hydrogen-bond donors (Lipinski definition) is 2. The Hall–Kier alpha value is -1.11. The van der Waals surface area contributed by atoms with E-state index in [-0.39, 0.29) is 5.91 Å². The first-order valence-corrected chi connectivity index (χ1v) is 8.37. The topological polar surface area (TPSA) is 66.4 Å². The molecule has 0 heterocycles. The zero-order valence-corrected chi connectivity index (χ0v) is 14.4. The Morgan fingerprint density at radius 2 is 1.90 bits per heavy atom. The molecule has 1 aromatic rings. The molecule has 0 bridgehead atoms. The molecule has 21 heavy (non-hydrogen) atoms. The molecule has 0 aliphatic carbocycles. The highest BCUT2D eigenvalue weighted by Gasteiger charge is 2.18. The molecule has 0 saturated heterocycles. The summed E-state index contributed by atoms with van der Waals surface area (Å²) in [4.78, 5) is 22.8. The summed E-state index contributed by atoms with van der Waals surface area (Å²) in [5, 5.41) is 11.7. The second kappa shape index (κ2) is 9.76. The lowest BCUT2D eigenvalue weighted by atomic mass is 10.1. The van der Waals surface area contributed by atoms with E-state index < -0.39 is 12.0 Å². The van der Waals surface area contributed by atoms with Crippen LogP contribution in [0.1, 0.15) is 44.6 Å². The van der Waals surface area contributed by atoms with Crippen molar-refractivity contribution in [3.05, 3.63) is 33.4 Å². The summed E-state index contributed by atoms with van der Waals surface area (Å²) in [6.45, 7) is 2.00. The summed E-state index contributed by atoms with van der Waals surface area (Å²) in [6, 6.07) is 7.44. The number of carboxylic acids is 1. The second-order valence-electron chi connectivity index (χ2n) is 5.08. The number of carbonyl (C=O) groups excluding carboxylic acids is 1. The average Bonchev–Trinajstić information content (AvgIpc) is 2.45. The third-order valence-corrected chi connectivity index (χ3v) is 3.98. The number of carbonyl (C=O) groups is 2. The molecule has 0 saturated carbocycles. The number of unbranched alkanes of at least 4 members (excludes halogenated alkanes) is 1. The van der Waals surface area contributed by atoms with E-state index >= 15 is 0 Å². The predicted molar refractivity (Wildman–Crippen MR) is 91.2 cm³/mol. The van der Waals surface area contributed by atoms with Crippen LogP contribution >= 0.6 is 22.6 Å². The molecule has 5 heteroatoms. The Morgan fingerprint density at radius 3 is 2.48 bits per heavy atom. The highest BCUT2D eigenvalue weighted by atomic mass is 127. The van der Waals surface area contributed by atoms with Gasteiger partial charge in [0, 0.05) is 9.99 Å². The molecule has 1 unspecified atom stereocenters. The summed E-state index contributed by atoms with van der Waals surface area (Å²) in [5.41, 5.74) is 1.20. The number of aliphatic carboxylic acids is 1. The van der Waals surface area contributed by atoms with Crippen molar-refractivity contribution in [3.8, 4) is 0 Å². The molecular weight excluding hydrogens is 381 g/mol. The van der Waals surface area contributed by atoms with Gasteiger partial charge in [-0.2, -0.15) is 0 Å². The van der Waals surface area contributed by atoms with E-state index in [0.717, 1.165) is 25.7 Å². The second-order valence-corrected chi connectivity index (χ2v) is 6.33. The first-order valence-electron chi connectivity index (χ1n) is 7.29. The Kier molecular flexibility index (Phi) is 8.34. The van der Waals surface area contributed by atoms with Gasteiger partial charge in [-0.15, -0.1) is 0 Å². The van der Waals surface area contributed by atoms with Crippen LogP contribution in [0.15, 0.2) is 24.3 Å². The van der Waals surface area contributed by atoms with Crippen molar-refractivity contribution in [2.45, 2.75) is 51.5 Å². The van der Waals surface area contributed by atoms with E-state index in [1.54, 1.807) is 0 Å². The van der Waals surface area contributed by atoms with Crippen LogP contribution in [0.2, 0.25) is 0 Å². The van der Waals surface area contributed by atoms with Crippen molar-refractivity contribution in [2.24, 2.45) is 0 Å². The minimum absolute atomic E-state index is 0.177. The Balaban J connectivity index is 2.32. The van der Waals surface area contributed by atoms with Crippen molar-refractivity contribution in [2.75, 3.05) is 0 Å². The van der Waals surface area contributed by atoms with Gasteiger partial charge in [0.2, 0.25) is 5.91 Å². The molecule has 0 fully saturated rings. The Bertz CT molecular complexity index is 459. The Morgan fingerprint density at radius 1 is 1.24 bits per heavy atom. The van der Waals surface area contributed by atoms with E-state index in [4.69, 9.17) is 5.11 Å². The van der Waals surface area contributed by atoms with Gasteiger partial charge in [-0.05, 0) is 59.5 Å². The molecule has 116 valence electrons. The lowest BCUT2D eigenvalue weighted by molar-refractivity contribution is -0.142. The number of benzene rings is 1. The number of halogens is 1. The number of carboxylic acid groups (broad SMARTS) is 1. The normalized spacial score (nSPS) is 11.9. The van der Waals surface area contributed by atoms with Crippen LogP contribution in [0.4, 0.5) is 0 Å². The predicted octanol–water partition coefficient (Wildman–Crippen LogP) is 3.37. The maximum absolute atomic E-state index is 11.8. The third-order valence-electron chi connectivity index (χ3n) is 3.26.